The third-order valence-corrected chi connectivity index (χ3v) is 2.03. The van der Waals surface area contributed by atoms with Crippen molar-refractivity contribution in [3.8, 4) is 0 Å². The molecule has 0 aliphatic carbocycles. The summed E-state index contributed by atoms with van der Waals surface area (Å²) in [5.41, 5.74) is 11.1. The maximum atomic E-state index is 7.29. The van der Waals surface area contributed by atoms with Gasteiger partial charge in [0, 0.05) is 6.23 Å². The molecule has 2 heterocycles. The van der Waals surface area contributed by atoms with Crippen LogP contribution in [-0.4, -0.2) is 44.1 Å². The number of nitrogens with one attached hydrogen (secondary N) is 2. The summed E-state index contributed by atoms with van der Waals surface area (Å²) in [7, 11) is 0. The highest BCUT2D eigenvalue weighted by Gasteiger charge is 2.20. The molecule has 0 spiro atoms. The Labute approximate surface area is 71.1 Å². The van der Waals surface area contributed by atoms with Crippen molar-refractivity contribution < 1.29 is 14.7 Å². The molecule has 0 aromatic rings. The van der Waals surface area contributed by atoms with Crippen LogP contribution in [-0.2, 0) is 9.57 Å². The van der Waals surface area contributed by atoms with Gasteiger partial charge in [-0.1, -0.05) is 0 Å². The van der Waals surface area contributed by atoms with E-state index in [4.69, 9.17) is 15.3 Å². The quantitative estimate of drug-likeness (QED) is 0.537. The van der Waals surface area contributed by atoms with Crippen molar-refractivity contribution in [2.75, 3.05) is 32.8 Å². The van der Waals surface area contributed by atoms with Crippen LogP contribution in [0.3, 0.4) is 0 Å². The molecule has 6 heteroatoms. The fourth-order valence-electron chi connectivity index (χ4n) is 1.37. The lowest BCUT2D eigenvalue weighted by Crippen LogP contribution is -3.14. The first-order chi connectivity index (χ1) is 5.86. The minimum atomic E-state index is -0.497. The molecule has 2 aliphatic rings. The predicted octanol–water partition coefficient (Wildman–Crippen LogP) is -1.27. The molecule has 0 aromatic heterocycles. The standard InChI is InChI=1S/C6H13N4O2/c7-6-5-10(8-12-6)9-1-3-11-4-2-9/h6-7,10H,1-5H2/q-1. The maximum Gasteiger partial charge on any atom is 0.0927 e. The van der Waals surface area contributed by atoms with Gasteiger partial charge in [0.15, 0.2) is 0 Å². The van der Waals surface area contributed by atoms with Crippen molar-refractivity contribution in [1.29, 1.82) is 0 Å². The number of rotatable bonds is 1. The van der Waals surface area contributed by atoms with Crippen LogP contribution in [0.25, 0.3) is 11.3 Å². The molecule has 2 saturated heterocycles. The summed E-state index contributed by atoms with van der Waals surface area (Å²) in [6, 6.07) is 0. The molecule has 2 aliphatic heterocycles. The van der Waals surface area contributed by atoms with Crippen LogP contribution in [0.1, 0.15) is 0 Å². The molecule has 0 aromatic carbocycles. The van der Waals surface area contributed by atoms with Gasteiger partial charge in [-0.15, -0.1) is 0 Å². The first-order valence-electron chi connectivity index (χ1n) is 4.13. The smallest absolute Gasteiger partial charge is 0.0927 e. The lowest BCUT2D eigenvalue weighted by Gasteiger charge is -2.35. The van der Waals surface area contributed by atoms with Gasteiger partial charge in [-0.2, -0.15) is 5.01 Å². The van der Waals surface area contributed by atoms with Crippen LogP contribution >= 0.6 is 0 Å². The SMILES string of the molecule is [NH-]C1C[NH+](N2CCOCC2)[N-]O1. The summed E-state index contributed by atoms with van der Waals surface area (Å²) in [6.07, 6.45) is -0.497. The van der Waals surface area contributed by atoms with Crippen LogP contribution in [0.4, 0.5) is 0 Å². The molecule has 2 rings (SSSR count). The van der Waals surface area contributed by atoms with Gasteiger partial charge in [0.2, 0.25) is 0 Å². The Hall–Kier alpha value is -0.240. The van der Waals surface area contributed by atoms with Gasteiger partial charge in [-0.25, -0.2) is 0 Å². The first-order valence-corrected chi connectivity index (χ1v) is 4.13. The summed E-state index contributed by atoms with van der Waals surface area (Å²) in [6.45, 7) is 3.85. The average molecular weight is 173 g/mol. The Morgan fingerprint density at radius 1 is 1.42 bits per heavy atom. The van der Waals surface area contributed by atoms with Crippen LogP contribution in [0.15, 0.2) is 0 Å². The van der Waals surface area contributed by atoms with Crippen LogP contribution < -0.4 is 5.12 Å². The zero-order chi connectivity index (χ0) is 8.39. The number of morpholine rings is 1. The molecule has 2 fully saturated rings. The number of quaternary nitrogens is 1. The summed E-state index contributed by atoms with van der Waals surface area (Å²) >= 11 is 0. The van der Waals surface area contributed by atoms with Crippen LogP contribution in [0.5, 0.6) is 0 Å². The Morgan fingerprint density at radius 2 is 2.17 bits per heavy atom. The molecular weight excluding hydrogens is 160 g/mol. The molecule has 0 amide bonds. The van der Waals surface area contributed by atoms with Gasteiger partial charge in [0.25, 0.3) is 0 Å². The molecule has 2 N–H and O–H groups in total. The molecule has 12 heavy (non-hydrogen) atoms. The molecule has 0 bridgehead atoms. The average Bonchev–Trinajstić information content (AvgIpc) is 2.54. The van der Waals surface area contributed by atoms with E-state index in [9.17, 15) is 0 Å². The third kappa shape index (κ3) is 1.74. The highest BCUT2D eigenvalue weighted by Crippen LogP contribution is 2.00. The Kier molecular flexibility index (Phi) is 2.54. The van der Waals surface area contributed by atoms with Crippen LogP contribution in [0.2, 0.25) is 0 Å². The van der Waals surface area contributed by atoms with Gasteiger partial charge < -0.3 is 26.0 Å². The Morgan fingerprint density at radius 3 is 2.75 bits per heavy atom. The van der Waals surface area contributed by atoms with Gasteiger partial charge in [0.1, 0.15) is 0 Å². The van der Waals surface area contributed by atoms with E-state index in [0.717, 1.165) is 31.4 Å². The fourth-order valence-corrected chi connectivity index (χ4v) is 1.37. The molecule has 0 radical (unpaired) electrons. The fraction of sp³-hybridized carbons (Fsp3) is 1.00. The Bertz CT molecular complexity index is 148. The second-order valence-electron chi connectivity index (χ2n) is 2.91. The zero-order valence-corrected chi connectivity index (χ0v) is 6.82. The van der Waals surface area contributed by atoms with Crippen LogP contribution in [0, 0.1) is 0 Å². The van der Waals surface area contributed by atoms with Gasteiger partial charge in [-0.3, -0.25) is 0 Å². The molecule has 0 saturated carbocycles. The molecule has 70 valence electrons. The van der Waals surface area contributed by atoms with E-state index in [2.05, 4.69) is 10.6 Å². The van der Waals surface area contributed by atoms with E-state index in [0.29, 0.717) is 6.54 Å². The lowest BCUT2D eigenvalue weighted by atomic mass is 10.5. The molecular formula is C6H13N4O2-. The van der Waals surface area contributed by atoms with Crippen molar-refractivity contribution in [2.24, 2.45) is 0 Å². The van der Waals surface area contributed by atoms with Crippen molar-refractivity contribution in [2.45, 2.75) is 6.23 Å². The minimum absolute atomic E-state index is 0.497. The zero-order valence-electron chi connectivity index (χ0n) is 6.82. The maximum absolute atomic E-state index is 7.29. The number of hydrogen-bond donors (Lipinski definition) is 1. The van der Waals surface area contributed by atoms with E-state index in [-0.39, 0.29) is 0 Å². The topological polar surface area (TPSA) is 64.0 Å². The molecule has 2 atom stereocenters. The summed E-state index contributed by atoms with van der Waals surface area (Å²) < 4.78 is 5.20. The third-order valence-electron chi connectivity index (χ3n) is 2.03. The highest BCUT2D eigenvalue weighted by atomic mass is 16.7. The second kappa shape index (κ2) is 3.65. The number of hydrogen-bond acceptors (Lipinski definition) is 3. The van der Waals surface area contributed by atoms with Gasteiger partial charge >= 0.3 is 0 Å². The monoisotopic (exact) mass is 173 g/mol. The largest absolute Gasteiger partial charge is 0.648 e. The van der Waals surface area contributed by atoms with Gasteiger partial charge in [-0.05, 0) is 0 Å². The molecule has 6 nitrogen and oxygen atoms in total. The van der Waals surface area contributed by atoms with E-state index in [1.165, 1.54) is 0 Å². The van der Waals surface area contributed by atoms with Crippen molar-refractivity contribution >= 4 is 0 Å². The summed E-state index contributed by atoms with van der Waals surface area (Å²) in [5.74, 6) is 0. The summed E-state index contributed by atoms with van der Waals surface area (Å²) in [4.78, 5) is 4.79. The number of ether oxygens (including phenoxy) is 1. The minimum Gasteiger partial charge on any atom is -0.648 e. The Balaban J connectivity index is 1.83. The van der Waals surface area contributed by atoms with E-state index >= 15 is 0 Å². The first kappa shape index (κ1) is 8.36. The van der Waals surface area contributed by atoms with Crippen molar-refractivity contribution in [1.82, 2.24) is 5.01 Å². The van der Waals surface area contributed by atoms with E-state index in [1.807, 2.05) is 0 Å². The highest BCUT2D eigenvalue weighted by molar-refractivity contribution is 4.67. The molecule has 2 unspecified atom stereocenters. The van der Waals surface area contributed by atoms with Crippen molar-refractivity contribution in [3.63, 3.8) is 0 Å². The normalized spacial score (nSPS) is 38.8. The predicted molar refractivity (Wildman–Crippen MR) is 40.8 cm³/mol. The second-order valence-corrected chi connectivity index (χ2v) is 2.91. The summed E-state index contributed by atoms with van der Waals surface area (Å²) in [5, 5.41) is 3.02. The number of nitrogens with zero attached hydrogens (tertiary/aromatic N) is 2. The van der Waals surface area contributed by atoms with Gasteiger partial charge in [0.05, 0.1) is 32.8 Å². The lowest BCUT2D eigenvalue weighted by molar-refractivity contribution is -0.982. The van der Waals surface area contributed by atoms with Crippen molar-refractivity contribution in [3.05, 3.63) is 11.3 Å². The van der Waals surface area contributed by atoms with E-state index < -0.39 is 6.23 Å². The van der Waals surface area contributed by atoms with E-state index in [1.54, 1.807) is 0 Å².